The maximum absolute atomic E-state index is 12.7. The molecule has 0 radical (unpaired) electrons. The van der Waals surface area contributed by atoms with E-state index >= 15 is 0 Å². The SMILES string of the molecule is Fc1ccc(-c2nc(C3CC3)cs2)cc1. The first-order valence-electron chi connectivity index (χ1n) is 5.04. The maximum atomic E-state index is 12.7. The summed E-state index contributed by atoms with van der Waals surface area (Å²) in [4.78, 5) is 4.57. The van der Waals surface area contributed by atoms with Crippen molar-refractivity contribution in [3.8, 4) is 10.6 Å². The smallest absolute Gasteiger partial charge is 0.123 e. The highest BCUT2D eigenvalue weighted by molar-refractivity contribution is 7.13. The quantitative estimate of drug-likeness (QED) is 0.748. The fourth-order valence-electron chi connectivity index (χ4n) is 1.58. The Kier molecular flexibility index (Phi) is 2.06. The van der Waals surface area contributed by atoms with Crippen LogP contribution in [0.4, 0.5) is 4.39 Å². The van der Waals surface area contributed by atoms with Gasteiger partial charge in [-0.2, -0.15) is 0 Å². The zero-order chi connectivity index (χ0) is 10.3. The van der Waals surface area contributed by atoms with Crippen LogP contribution in [0.3, 0.4) is 0 Å². The van der Waals surface area contributed by atoms with E-state index in [0.717, 1.165) is 10.6 Å². The molecule has 0 saturated heterocycles. The van der Waals surface area contributed by atoms with Crippen molar-refractivity contribution in [3.05, 3.63) is 41.2 Å². The van der Waals surface area contributed by atoms with Gasteiger partial charge in [-0.25, -0.2) is 9.37 Å². The lowest BCUT2D eigenvalue weighted by Crippen LogP contribution is -1.80. The van der Waals surface area contributed by atoms with Crippen LogP contribution in [0, 0.1) is 5.82 Å². The van der Waals surface area contributed by atoms with Crippen molar-refractivity contribution in [3.63, 3.8) is 0 Å². The van der Waals surface area contributed by atoms with Gasteiger partial charge in [0.05, 0.1) is 5.69 Å². The van der Waals surface area contributed by atoms with Gasteiger partial charge in [-0.3, -0.25) is 0 Å². The van der Waals surface area contributed by atoms with Gasteiger partial charge in [0.1, 0.15) is 10.8 Å². The van der Waals surface area contributed by atoms with E-state index in [2.05, 4.69) is 10.4 Å². The molecule has 1 fully saturated rings. The van der Waals surface area contributed by atoms with Crippen LogP contribution in [-0.2, 0) is 0 Å². The largest absolute Gasteiger partial charge is 0.241 e. The van der Waals surface area contributed by atoms with Crippen LogP contribution in [0.2, 0.25) is 0 Å². The Morgan fingerprint density at radius 1 is 1.20 bits per heavy atom. The van der Waals surface area contributed by atoms with E-state index in [1.165, 1.54) is 30.7 Å². The number of hydrogen-bond acceptors (Lipinski definition) is 2. The van der Waals surface area contributed by atoms with Crippen molar-refractivity contribution in [2.45, 2.75) is 18.8 Å². The Balaban J connectivity index is 1.93. The molecule has 0 unspecified atom stereocenters. The zero-order valence-corrected chi connectivity index (χ0v) is 8.93. The molecule has 0 amide bonds. The second-order valence-corrected chi connectivity index (χ2v) is 4.72. The van der Waals surface area contributed by atoms with E-state index in [4.69, 9.17) is 0 Å². The molecule has 0 spiro atoms. The molecule has 15 heavy (non-hydrogen) atoms. The van der Waals surface area contributed by atoms with E-state index in [9.17, 15) is 4.39 Å². The van der Waals surface area contributed by atoms with E-state index < -0.39 is 0 Å². The summed E-state index contributed by atoms with van der Waals surface area (Å²) in [6, 6.07) is 6.52. The predicted octanol–water partition coefficient (Wildman–Crippen LogP) is 3.83. The van der Waals surface area contributed by atoms with Crippen LogP contribution in [0.1, 0.15) is 24.5 Å². The van der Waals surface area contributed by atoms with Crippen molar-refractivity contribution in [1.29, 1.82) is 0 Å². The summed E-state index contributed by atoms with van der Waals surface area (Å²) >= 11 is 1.64. The third-order valence-electron chi connectivity index (χ3n) is 2.61. The molecule has 1 aromatic heterocycles. The number of aromatic nitrogens is 1. The summed E-state index contributed by atoms with van der Waals surface area (Å²) in [5, 5.41) is 3.12. The van der Waals surface area contributed by atoms with Gasteiger partial charge in [-0.15, -0.1) is 11.3 Å². The third kappa shape index (κ3) is 1.79. The molecule has 0 atom stereocenters. The molecule has 76 valence electrons. The van der Waals surface area contributed by atoms with Crippen molar-refractivity contribution < 1.29 is 4.39 Å². The molecule has 1 nitrogen and oxygen atoms in total. The first-order valence-corrected chi connectivity index (χ1v) is 5.92. The molecular weight excluding hydrogens is 209 g/mol. The number of benzene rings is 1. The summed E-state index contributed by atoms with van der Waals surface area (Å²) in [6.45, 7) is 0. The summed E-state index contributed by atoms with van der Waals surface area (Å²) in [6.07, 6.45) is 2.54. The van der Waals surface area contributed by atoms with Crippen LogP contribution in [0.15, 0.2) is 29.6 Å². The van der Waals surface area contributed by atoms with E-state index in [-0.39, 0.29) is 5.82 Å². The van der Waals surface area contributed by atoms with Crippen molar-refractivity contribution in [1.82, 2.24) is 4.98 Å². The van der Waals surface area contributed by atoms with Crippen LogP contribution < -0.4 is 0 Å². The Morgan fingerprint density at radius 3 is 2.60 bits per heavy atom. The Labute approximate surface area is 91.6 Å². The van der Waals surface area contributed by atoms with E-state index in [1.54, 1.807) is 23.5 Å². The summed E-state index contributed by atoms with van der Waals surface area (Å²) < 4.78 is 12.7. The minimum atomic E-state index is -0.197. The lowest BCUT2D eigenvalue weighted by atomic mass is 10.2. The van der Waals surface area contributed by atoms with Crippen LogP contribution >= 0.6 is 11.3 Å². The minimum absolute atomic E-state index is 0.197. The van der Waals surface area contributed by atoms with Gasteiger partial charge in [0.2, 0.25) is 0 Å². The van der Waals surface area contributed by atoms with Gasteiger partial charge in [0.25, 0.3) is 0 Å². The highest BCUT2D eigenvalue weighted by Crippen LogP contribution is 2.41. The van der Waals surface area contributed by atoms with Gasteiger partial charge in [-0.1, -0.05) is 0 Å². The molecule has 1 aliphatic carbocycles. The summed E-state index contributed by atoms with van der Waals surface area (Å²) in [5.74, 6) is 0.494. The number of halogens is 1. The summed E-state index contributed by atoms with van der Waals surface area (Å²) in [7, 11) is 0. The maximum Gasteiger partial charge on any atom is 0.123 e. The Hall–Kier alpha value is -1.22. The highest BCUT2D eigenvalue weighted by atomic mass is 32.1. The Morgan fingerprint density at radius 2 is 1.93 bits per heavy atom. The molecule has 0 N–H and O–H groups in total. The lowest BCUT2D eigenvalue weighted by molar-refractivity contribution is 0.628. The Bertz CT molecular complexity index is 471. The topological polar surface area (TPSA) is 12.9 Å². The fraction of sp³-hybridized carbons (Fsp3) is 0.250. The second kappa shape index (κ2) is 3.42. The normalized spacial score (nSPS) is 15.5. The minimum Gasteiger partial charge on any atom is -0.241 e. The van der Waals surface area contributed by atoms with Crippen molar-refractivity contribution in [2.75, 3.05) is 0 Å². The van der Waals surface area contributed by atoms with E-state index in [1.807, 2.05) is 0 Å². The average molecular weight is 219 g/mol. The summed E-state index contributed by atoms with van der Waals surface area (Å²) in [5.41, 5.74) is 2.22. The molecule has 0 aliphatic heterocycles. The third-order valence-corrected chi connectivity index (χ3v) is 3.52. The van der Waals surface area contributed by atoms with Crippen LogP contribution in [0.25, 0.3) is 10.6 Å². The van der Waals surface area contributed by atoms with Gasteiger partial charge in [0, 0.05) is 16.9 Å². The monoisotopic (exact) mass is 219 g/mol. The predicted molar refractivity (Wildman–Crippen MR) is 59.5 cm³/mol. The standard InChI is InChI=1S/C12H10FNS/c13-10-5-3-9(4-6-10)12-14-11(7-15-12)8-1-2-8/h3-8H,1-2H2. The van der Waals surface area contributed by atoms with Crippen LogP contribution in [0.5, 0.6) is 0 Å². The molecule has 3 rings (SSSR count). The molecular formula is C12H10FNS. The number of hydrogen-bond donors (Lipinski definition) is 0. The molecule has 2 aromatic rings. The molecule has 1 saturated carbocycles. The highest BCUT2D eigenvalue weighted by Gasteiger charge is 2.26. The molecule has 1 heterocycles. The second-order valence-electron chi connectivity index (χ2n) is 3.86. The van der Waals surface area contributed by atoms with Crippen molar-refractivity contribution >= 4 is 11.3 Å². The fourth-order valence-corrected chi connectivity index (χ4v) is 2.49. The van der Waals surface area contributed by atoms with Gasteiger partial charge in [-0.05, 0) is 37.1 Å². The molecule has 0 bridgehead atoms. The number of thiazole rings is 1. The van der Waals surface area contributed by atoms with Gasteiger partial charge in [0.15, 0.2) is 0 Å². The average Bonchev–Trinajstić information content (AvgIpc) is 2.99. The lowest BCUT2D eigenvalue weighted by Gasteiger charge is -1.94. The number of rotatable bonds is 2. The number of nitrogens with zero attached hydrogens (tertiary/aromatic N) is 1. The first-order chi connectivity index (χ1) is 7.33. The van der Waals surface area contributed by atoms with Crippen LogP contribution in [-0.4, -0.2) is 4.98 Å². The molecule has 1 aliphatic rings. The zero-order valence-electron chi connectivity index (χ0n) is 8.11. The molecule has 3 heteroatoms. The van der Waals surface area contributed by atoms with Gasteiger partial charge >= 0.3 is 0 Å². The molecule has 1 aromatic carbocycles. The van der Waals surface area contributed by atoms with E-state index in [0.29, 0.717) is 5.92 Å². The first kappa shape index (κ1) is 9.04. The van der Waals surface area contributed by atoms with Crippen molar-refractivity contribution in [2.24, 2.45) is 0 Å². The van der Waals surface area contributed by atoms with Gasteiger partial charge < -0.3 is 0 Å².